The number of hydrogen-bond acceptors (Lipinski definition) is 8. The van der Waals surface area contributed by atoms with E-state index in [9.17, 15) is 23.8 Å². The fourth-order valence-electron chi connectivity index (χ4n) is 3.21. The molecule has 1 unspecified atom stereocenters. The molecule has 10 heteroatoms. The van der Waals surface area contributed by atoms with Crippen LogP contribution >= 0.6 is 11.8 Å². The van der Waals surface area contributed by atoms with Crippen LogP contribution in [0, 0.1) is 17.0 Å². The Hall–Kier alpha value is -2.69. The zero-order valence-electron chi connectivity index (χ0n) is 17.0. The summed E-state index contributed by atoms with van der Waals surface area (Å²) < 4.78 is 27.5. The van der Waals surface area contributed by atoms with Crippen molar-refractivity contribution in [1.82, 2.24) is 14.9 Å². The molecule has 2 aromatic rings. The molecule has 1 atom stereocenters. The molecule has 3 N–H and O–H groups in total. The lowest BCUT2D eigenvalue weighted by atomic mass is 10.0. The Morgan fingerprint density at radius 3 is 2.71 bits per heavy atom. The summed E-state index contributed by atoms with van der Waals surface area (Å²) in [7, 11) is 0. The van der Waals surface area contributed by atoms with E-state index in [1.807, 2.05) is 4.90 Å². The molecule has 0 fully saturated rings. The average molecular weight is 448 g/mol. The van der Waals surface area contributed by atoms with E-state index in [2.05, 4.69) is 9.97 Å². The molecular weight excluding hydrogens is 426 g/mol. The molecule has 7 nitrogen and oxygen atoms in total. The van der Waals surface area contributed by atoms with Gasteiger partial charge in [-0.25, -0.2) is 18.7 Å². The second-order valence-corrected chi connectivity index (χ2v) is 8.10. The quantitative estimate of drug-likeness (QED) is 0.339. The number of fused-ring (bicyclic) bond motifs is 1. The summed E-state index contributed by atoms with van der Waals surface area (Å²) in [6.07, 6.45) is 0.254. The topological polar surface area (TPSA) is 110 Å². The van der Waals surface area contributed by atoms with Crippen LogP contribution in [0.15, 0.2) is 39.4 Å². The number of aliphatic hydroxyl groups is 2. The van der Waals surface area contributed by atoms with Gasteiger partial charge in [-0.2, -0.15) is 0 Å². The van der Waals surface area contributed by atoms with Gasteiger partial charge in [-0.05, 0) is 32.4 Å². The predicted molar refractivity (Wildman–Crippen MR) is 111 cm³/mol. The van der Waals surface area contributed by atoms with Crippen molar-refractivity contribution in [3.63, 3.8) is 0 Å². The van der Waals surface area contributed by atoms with E-state index >= 15 is 0 Å². The third kappa shape index (κ3) is 4.97. The Kier molecular flexibility index (Phi) is 7.14. The number of benzene rings is 1. The number of allylic oxidation sites excluding steroid dienone is 2. The highest BCUT2D eigenvalue weighted by Crippen LogP contribution is 2.35. The van der Waals surface area contributed by atoms with Crippen LogP contribution in [0.3, 0.4) is 0 Å². The Morgan fingerprint density at radius 1 is 1.35 bits per heavy atom. The maximum atomic E-state index is 14.2. The number of Topliss-reactive ketones (excluding diaryl/α,β-unsaturated/α-hetero) is 1. The van der Waals surface area contributed by atoms with E-state index in [0.717, 1.165) is 35.7 Å². The molecule has 0 bridgehead atoms. The van der Waals surface area contributed by atoms with Crippen molar-refractivity contribution in [2.45, 2.75) is 42.8 Å². The van der Waals surface area contributed by atoms with Crippen molar-refractivity contribution in [2.24, 2.45) is 0 Å². The largest absolute Gasteiger partial charge is 0.393 e. The van der Waals surface area contributed by atoms with Crippen LogP contribution in [0.4, 0.5) is 8.78 Å². The van der Waals surface area contributed by atoms with E-state index in [-0.39, 0.29) is 23.0 Å². The monoisotopic (exact) mass is 448 g/mol. The molecule has 3 rings (SSSR count). The molecule has 1 aromatic carbocycles. The van der Waals surface area contributed by atoms with E-state index < -0.39 is 24.3 Å². The molecular formula is C21H22F2N4O3S. The normalized spacial score (nSPS) is 15.2. The lowest BCUT2D eigenvalue weighted by Crippen LogP contribution is -2.33. The van der Waals surface area contributed by atoms with Crippen molar-refractivity contribution < 1.29 is 23.8 Å². The van der Waals surface area contributed by atoms with Gasteiger partial charge in [0.05, 0.1) is 24.5 Å². The van der Waals surface area contributed by atoms with Gasteiger partial charge >= 0.3 is 0 Å². The Bertz CT molecular complexity index is 1060. The molecule has 1 aliphatic heterocycles. The number of hydrogen-bond donors (Lipinski definition) is 3. The average Bonchev–Trinajstić information content (AvgIpc) is 2.75. The molecule has 0 saturated carbocycles. The number of aliphatic hydroxyl groups excluding tert-OH is 2. The molecule has 1 aliphatic rings. The van der Waals surface area contributed by atoms with Gasteiger partial charge < -0.3 is 20.5 Å². The summed E-state index contributed by atoms with van der Waals surface area (Å²) in [4.78, 5) is 22.5. The minimum atomic E-state index is -1.32. The Balaban J connectivity index is 2.04. The number of halogens is 2. The molecule has 1 aromatic heterocycles. The van der Waals surface area contributed by atoms with Gasteiger partial charge in [-0.1, -0.05) is 11.8 Å². The first kappa shape index (κ1) is 23.0. The number of nitrogens with zero attached hydrogens (tertiary/aromatic N) is 3. The van der Waals surface area contributed by atoms with Crippen molar-refractivity contribution in [3.8, 4) is 0 Å². The summed E-state index contributed by atoms with van der Waals surface area (Å²) in [5, 5.41) is 27.5. The summed E-state index contributed by atoms with van der Waals surface area (Å²) in [5.41, 5.74) is 2.21. The summed E-state index contributed by atoms with van der Waals surface area (Å²) >= 11 is 0.991. The van der Waals surface area contributed by atoms with Crippen molar-refractivity contribution in [2.75, 3.05) is 13.2 Å². The number of rotatable bonds is 7. The predicted octanol–water partition coefficient (Wildman–Crippen LogP) is 2.80. The lowest BCUT2D eigenvalue weighted by molar-refractivity contribution is -0.113. The molecule has 0 aliphatic carbocycles. The lowest BCUT2D eigenvalue weighted by Gasteiger charge is -2.32. The second kappa shape index (κ2) is 9.63. The number of aromatic nitrogens is 2. The van der Waals surface area contributed by atoms with Gasteiger partial charge in [0, 0.05) is 34.9 Å². The third-order valence-corrected chi connectivity index (χ3v) is 6.09. The second-order valence-electron chi connectivity index (χ2n) is 7.07. The summed E-state index contributed by atoms with van der Waals surface area (Å²) in [5.74, 6) is -1.58. The van der Waals surface area contributed by atoms with Crippen molar-refractivity contribution in [3.05, 3.63) is 58.2 Å². The van der Waals surface area contributed by atoms with Crippen LogP contribution < -0.4 is 0 Å². The molecule has 0 saturated heterocycles. The summed E-state index contributed by atoms with van der Waals surface area (Å²) in [6.45, 7) is 3.22. The first-order valence-corrected chi connectivity index (χ1v) is 10.4. The zero-order valence-corrected chi connectivity index (χ0v) is 17.8. The molecule has 31 heavy (non-hydrogen) atoms. The number of carbonyl (C=O) groups excluding carboxylic acids is 1. The van der Waals surface area contributed by atoms with Gasteiger partial charge in [0.25, 0.3) is 0 Å². The van der Waals surface area contributed by atoms with Gasteiger partial charge in [0.15, 0.2) is 11.6 Å². The smallest absolute Gasteiger partial charge is 0.160 e. The fourth-order valence-corrected chi connectivity index (χ4v) is 4.20. The first-order valence-electron chi connectivity index (χ1n) is 9.53. The third-order valence-electron chi connectivity index (χ3n) is 5.01. The molecule has 0 spiro atoms. The standard InChI is InChI=1S/C21H22F2N4O3S/c1-11(12(2)29)17(8-24)27-6-5-14-16(9-27)25-20(18(30)10-28)26-21(14)31-19-4-3-13(22)7-15(19)23/h3-4,7-8,18,24,28,30H,5-6,9-10H2,1-2H3/b17-11+,24-8?. The maximum Gasteiger partial charge on any atom is 0.160 e. The Labute approximate surface area is 182 Å². The highest BCUT2D eigenvalue weighted by atomic mass is 32.2. The molecule has 2 heterocycles. The van der Waals surface area contributed by atoms with Crippen LogP contribution in [-0.4, -0.2) is 50.2 Å². The number of nitrogens with one attached hydrogen (secondary N) is 1. The Morgan fingerprint density at radius 2 is 2.10 bits per heavy atom. The van der Waals surface area contributed by atoms with Crippen molar-refractivity contribution in [1.29, 1.82) is 5.41 Å². The SMILES string of the molecule is CC(=O)/C(C)=C(\C=N)N1CCc2c(nc(C(O)CO)nc2Sc2ccc(F)cc2F)C1. The molecule has 164 valence electrons. The minimum absolute atomic E-state index is 0.0169. The van der Waals surface area contributed by atoms with Crippen LogP contribution in [0.25, 0.3) is 0 Å². The number of carbonyl (C=O) groups is 1. The van der Waals surface area contributed by atoms with Crippen LogP contribution in [-0.2, 0) is 17.8 Å². The van der Waals surface area contributed by atoms with Gasteiger partial charge in [0.1, 0.15) is 22.8 Å². The minimum Gasteiger partial charge on any atom is -0.393 e. The van der Waals surface area contributed by atoms with Gasteiger partial charge in [0.2, 0.25) is 0 Å². The van der Waals surface area contributed by atoms with E-state index in [4.69, 9.17) is 5.41 Å². The maximum absolute atomic E-state index is 14.2. The highest BCUT2D eigenvalue weighted by molar-refractivity contribution is 7.99. The van der Waals surface area contributed by atoms with Crippen LogP contribution in [0.1, 0.15) is 37.0 Å². The van der Waals surface area contributed by atoms with Crippen LogP contribution in [0.2, 0.25) is 0 Å². The zero-order chi connectivity index (χ0) is 22.7. The van der Waals surface area contributed by atoms with Gasteiger partial charge in [-0.15, -0.1) is 0 Å². The first-order chi connectivity index (χ1) is 14.7. The van der Waals surface area contributed by atoms with Crippen molar-refractivity contribution >= 4 is 23.8 Å². The fraction of sp³-hybridized carbons (Fsp3) is 0.333. The molecule has 0 radical (unpaired) electrons. The summed E-state index contributed by atoms with van der Waals surface area (Å²) in [6, 6.07) is 3.25. The number of ketones is 1. The molecule has 0 amide bonds. The van der Waals surface area contributed by atoms with Crippen LogP contribution in [0.5, 0.6) is 0 Å². The highest BCUT2D eigenvalue weighted by Gasteiger charge is 2.27. The van der Waals surface area contributed by atoms with E-state index in [0.29, 0.717) is 35.0 Å². The van der Waals surface area contributed by atoms with E-state index in [1.165, 1.54) is 13.0 Å². The van der Waals surface area contributed by atoms with E-state index in [1.54, 1.807) is 6.92 Å². The van der Waals surface area contributed by atoms with Gasteiger partial charge in [-0.3, -0.25) is 4.79 Å².